The zero-order valence-electron chi connectivity index (χ0n) is 12.6. The molecular weight excluding hydrogens is 310 g/mol. The van der Waals surface area contributed by atoms with E-state index < -0.39 is 0 Å². The van der Waals surface area contributed by atoms with E-state index in [1.165, 1.54) is 19.3 Å². The molecule has 118 valence electrons. The molecule has 0 spiro atoms. The van der Waals surface area contributed by atoms with E-state index >= 15 is 0 Å². The van der Waals surface area contributed by atoms with Crippen LogP contribution in [0.4, 0.5) is 0 Å². The van der Waals surface area contributed by atoms with Crippen molar-refractivity contribution >= 4 is 22.7 Å². The predicted octanol–water partition coefficient (Wildman–Crippen LogP) is 3.88. The van der Waals surface area contributed by atoms with Crippen molar-refractivity contribution in [3.05, 3.63) is 30.5 Å². The van der Waals surface area contributed by atoms with Gasteiger partial charge in [0, 0.05) is 29.0 Å². The van der Waals surface area contributed by atoms with Crippen molar-refractivity contribution in [1.82, 2.24) is 15.2 Å². The highest BCUT2D eigenvalue weighted by Crippen LogP contribution is 2.44. The molecule has 2 fully saturated rings. The van der Waals surface area contributed by atoms with Crippen LogP contribution in [0.2, 0.25) is 0 Å². The number of aromatic nitrogens is 3. The minimum Gasteiger partial charge on any atom is -0.411 e. The smallest absolute Gasteiger partial charge is 0.277 e. The van der Waals surface area contributed by atoms with Crippen LogP contribution in [0.25, 0.3) is 22.4 Å². The van der Waals surface area contributed by atoms with Crippen molar-refractivity contribution < 1.29 is 9.15 Å². The van der Waals surface area contributed by atoms with E-state index in [0.717, 1.165) is 29.0 Å². The van der Waals surface area contributed by atoms with Crippen LogP contribution in [-0.2, 0) is 4.74 Å². The molecule has 1 aliphatic heterocycles. The van der Waals surface area contributed by atoms with Crippen molar-refractivity contribution in [1.29, 1.82) is 0 Å². The van der Waals surface area contributed by atoms with Crippen molar-refractivity contribution in [3.8, 4) is 11.5 Å². The Morgan fingerprint density at radius 2 is 2.09 bits per heavy atom. The molecular formula is C17H17N3O2S. The van der Waals surface area contributed by atoms with Crippen LogP contribution in [-0.4, -0.2) is 33.1 Å². The second-order valence-corrected chi connectivity index (χ2v) is 7.43. The molecule has 1 saturated heterocycles. The number of thioether (sulfide) groups is 1. The molecule has 2 aromatic heterocycles. The summed E-state index contributed by atoms with van der Waals surface area (Å²) in [6.07, 6.45) is 5.92. The van der Waals surface area contributed by atoms with Gasteiger partial charge in [0.1, 0.15) is 0 Å². The molecule has 23 heavy (non-hydrogen) atoms. The van der Waals surface area contributed by atoms with Crippen LogP contribution in [0.3, 0.4) is 0 Å². The molecule has 1 saturated carbocycles. The fourth-order valence-electron chi connectivity index (χ4n) is 3.79. The zero-order valence-corrected chi connectivity index (χ0v) is 13.4. The normalized spacial score (nSPS) is 26.9. The quantitative estimate of drug-likeness (QED) is 0.791. The number of nitrogens with zero attached hydrogens (tertiary/aromatic N) is 2. The van der Waals surface area contributed by atoms with Gasteiger partial charge in [-0.2, -0.15) is 0 Å². The van der Waals surface area contributed by atoms with Gasteiger partial charge < -0.3 is 14.1 Å². The molecule has 5 nitrogen and oxygen atoms in total. The Balaban J connectivity index is 1.40. The summed E-state index contributed by atoms with van der Waals surface area (Å²) in [5.41, 5.74) is 2.04. The first-order chi connectivity index (χ1) is 11.4. The van der Waals surface area contributed by atoms with Gasteiger partial charge in [0.25, 0.3) is 11.1 Å². The summed E-state index contributed by atoms with van der Waals surface area (Å²) >= 11 is 1.68. The predicted molar refractivity (Wildman–Crippen MR) is 88.3 cm³/mol. The largest absolute Gasteiger partial charge is 0.411 e. The number of hydrogen-bond acceptors (Lipinski definition) is 5. The number of rotatable bonds is 3. The molecule has 0 unspecified atom stereocenters. The summed E-state index contributed by atoms with van der Waals surface area (Å²) < 4.78 is 11.8. The topological polar surface area (TPSA) is 63.9 Å². The van der Waals surface area contributed by atoms with Crippen molar-refractivity contribution in [3.63, 3.8) is 0 Å². The average Bonchev–Trinajstić information content (AvgIpc) is 3.32. The van der Waals surface area contributed by atoms with Gasteiger partial charge in [-0.15, -0.1) is 10.2 Å². The minimum atomic E-state index is 0.364. The maximum Gasteiger partial charge on any atom is 0.277 e. The lowest BCUT2D eigenvalue weighted by Gasteiger charge is -2.15. The Hall–Kier alpha value is -1.79. The monoisotopic (exact) mass is 327 g/mol. The van der Waals surface area contributed by atoms with Gasteiger partial charge >= 0.3 is 0 Å². The SMILES string of the molecule is c1ccc2c(-c3nnc(S[C@H]4CC[C@H]5CCO[C@H]54)o3)c[nH]c2c1. The van der Waals surface area contributed by atoms with E-state index in [1.54, 1.807) is 11.8 Å². The van der Waals surface area contributed by atoms with E-state index in [0.29, 0.717) is 22.5 Å². The van der Waals surface area contributed by atoms with Crippen molar-refractivity contribution in [2.75, 3.05) is 6.61 Å². The number of aromatic amines is 1. The highest BCUT2D eigenvalue weighted by molar-refractivity contribution is 7.99. The van der Waals surface area contributed by atoms with Crippen molar-refractivity contribution in [2.45, 2.75) is 35.8 Å². The van der Waals surface area contributed by atoms with Crippen LogP contribution in [0.15, 0.2) is 40.1 Å². The highest BCUT2D eigenvalue weighted by atomic mass is 32.2. The Labute approximate surface area is 137 Å². The average molecular weight is 327 g/mol. The fourth-order valence-corrected chi connectivity index (χ4v) is 4.95. The standard InChI is InChI=1S/C17H17N3O2S/c1-2-4-13-11(3-1)12(9-18-13)16-19-20-17(22-16)23-14-6-5-10-7-8-21-15(10)14/h1-4,9-10,14-15,18H,5-8H2/t10-,14-,15+/m0/s1. The number of benzene rings is 1. The molecule has 1 aromatic carbocycles. The number of H-pyrrole nitrogens is 1. The van der Waals surface area contributed by atoms with E-state index in [-0.39, 0.29) is 0 Å². The summed E-state index contributed by atoms with van der Waals surface area (Å²) in [5.74, 6) is 1.30. The molecule has 3 heterocycles. The van der Waals surface area contributed by atoms with Crippen LogP contribution >= 0.6 is 11.8 Å². The lowest BCUT2D eigenvalue weighted by atomic mass is 10.1. The molecule has 6 heteroatoms. The summed E-state index contributed by atoms with van der Waals surface area (Å²) in [6.45, 7) is 0.900. The second-order valence-electron chi connectivity index (χ2n) is 6.24. The Bertz CT molecular complexity index is 843. The third-order valence-corrected chi connectivity index (χ3v) is 6.10. The number of fused-ring (bicyclic) bond motifs is 2. The molecule has 0 bridgehead atoms. The van der Waals surface area contributed by atoms with Crippen LogP contribution in [0.1, 0.15) is 19.3 Å². The first kappa shape index (κ1) is 13.6. The van der Waals surface area contributed by atoms with E-state index in [9.17, 15) is 0 Å². The number of hydrogen-bond donors (Lipinski definition) is 1. The first-order valence-corrected chi connectivity index (χ1v) is 8.95. The van der Waals surface area contributed by atoms with Crippen LogP contribution in [0.5, 0.6) is 0 Å². The van der Waals surface area contributed by atoms with Crippen LogP contribution in [0, 0.1) is 5.92 Å². The van der Waals surface area contributed by atoms with Crippen molar-refractivity contribution in [2.24, 2.45) is 5.92 Å². The van der Waals surface area contributed by atoms with E-state index in [4.69, 9.17) is 9.15 Å². The second kappa shape index (κ2) is 5.39. The minimum absolute atomic E-state index is 0.364. The third-order valence-electron chi connectivity index (χ3n) is 4.93. The lowest BCUT2D eigenvalue weighted by molar-refractivity contribution is 0.106. The Morgan fingerprint density at radius 1 is 1.13 bits per heavy atom. The van der Waals surface area contributed by atoms with E-state index in [2.05, 4.69) is 21.2 Å². The molecule has 2 aliphatic rings. The van der Waals surface area contributed by atoms with Gasteiger partial charge in [0.2, 0.25) is 0 Å². The van der Waals surface area contributed by atoms with Gasteiger partial charge in [-0.25, -0.2) is 0 Å². The summed E-state index contributed by atoms with van der Waals surface area (Å²) in [6, 6.07) is 8.13. The van der Waals surface area contributed by atoms with Gasteiger partial charge in [0.15, 0.2) is 0 Å². The molecule has 0 amide bonds. The van der Waals surface area contributed by atoms with Crippen LogP contribution < -0.4 is 0 Å². The van der Waals surface area contributed by atoms with Gasteiger partial charge in [0.05, 0.1) is 11.7 Å². The summed E-state index contributed by atoms with van der Waals surface area (Å²) in [7, 11) is 0. The number of para-hydroxylation sites is 1. The van der Waals surface area contributed by atoms with Gasteiger partial charge in [-0.3, -0.25) is 0 Å². The summed E-state index contributed by atoms with van der Waals surface area (Å²) in [5, 5.41) is 10.7. The maximum atomic E-state index is 5.91. The molecule has 5 rings (SSSR count). The molecule has 3 atom stereocenters. The lowest BCUT2D eigenvalue weighted by Crippen LogP contribution is -2.20. The fraction of sp³-hybridized carbons (Fsp3) is 0.412. The molecule has 3 aromatic rings. The molecule has 0 radical (unpaired) electrons. The Kier molecular flexibility index (Phi) is 3.19. The summed E-state index contributed by atoms with van der Waals surface area (Å²) in [4.78, 5) is 3.24. The van der Waals surface area contributed by atoms with E-state index in [1.807, 2.05) is 24.4 Å². The molecule has 1 aliphatic carbocycles. The maximum absolute atomic E-state index is 5.91. The number of nitrogens with one attached hydrogen (secondary N) is 1. The molecule has 1 N–H and O–H groups in total. The number of ether oxygens (including phenoxy) is 1. The highest BCUT2D eigenvalue weighted by Gasteiger charge is 2.41. The Morgan fingerprint density at radius 3 is 3.09 bits per heavy atom. The zero-order chi connectivity index (χ0) is 15.2. The first-order valence-electron chi connectivity index (χ1n) is 8.07. The van der Waals surface area contributed by atoms with Gasteiger partial charge in [-0.1, -0.05) is 30.0 Å². The third kappa shape index (κ3) is 2.28. The van der Waals surface area contributed by atoms with Gasteiger partial charge in [-0.05, 0) is 31.2 Å².